The van der Waals surface area contributed by atoms with Crippen LogP contribution in [0.5, 0.6) is 0 Å². The third-order valence-electron chi connectivity index (χ3n) is 3.61. The summed E-state index contributed by atoms with van der Waals surface area (Å²) >= 11 is 0. The monoisotopic (exact) mass is 439 g/mol. The minimum absolute atomic E-state index is 0.00262. The number of phosphoric acid groups is 1. The van der Waals surface area contributed by atoms with Crippen LogP contribution in [0.15, 0.2) is 5.16 Å². The Hall–Kier alpha value is -1.52. The van der Waals surface area contributed by atoms with Crippen molar-refractivity contribution in [3.63, 3.8) is 0 Å². The fraction of sp³-hybridized carbons (Fsp3) is 0.824. The molecule has 1 unspecified atom stereocenters. The van der Waals surface area contributed by atoms with E-state index in [0.717, 1.165) is 0 Å². The van der Waals surface area contributed by atoms with Crippen LogP contribution in [0.4, 0.5) is 0 Å². The van der Waals surface area contributed by atoms with Gasteiger partial charge in [-0.3, -0.25) is 18.6 Å². The summed E-state index contributed by atoms with van der Waals surface area (Å²) in [4.78, 5) is 33.5. The van der Waals surface area contributed by atoms with Crippen LogP contribution >= 0.6 is 7.82 Å². The molecule has 29 heavy (non-hydrogen) atoms. The van der Waals surface area contributed by atoms with E-state index in [1.54, 1.807) is 27.7 Å². The van der Waals surface area contributed by atoms with Gasteiger partial charge in [-0.05, 0) is 27.7 Å². The van der Waals surface area contributed by atoms with Gasteiger partial charge in [0.2, 0.25) is 11.8 Å². The molecule has 0 bridgehead atoms. The summed E-state index contributed by atoms with van der Waals surface area (Å²) in [7, 11) is -4.35. The lowest BCUT2D eigenvalue weighted by Gasteiger charge is -2.31. The summed E-state index contributed by atoms with van der Waals surface area (Å²) < 4.78 is 21.8. The Balaban J connectivity index is 4.41. The molecule has 5 N–H and O–H groups in total. The summed E-state index contributed by atoms with van der Waals surface area (Å²) in [5, 5.41) is 26.8. The lowest BCUT2D eigenvalue weighted by Crippen LogP contribution is -2.46. The first kappa shape index (κ1) is 27.5. The van der Waals surface area contributed by atoms with E-state index >= 15 is 0 Å². The van der Waals surface area contributed by atoms with Crippen molar-refractivity contribution in [2.75, 3.05) is 19.7 Å². The highest BCUT2D eigenvalue weighted by Gasteiger charge is 2.38. The highest BCUT2D eigenvalue weighted by atomic mass is 31.2. The van der Waals surface area contributed by atoms with Crippen molar-refractivity contribution < 1.29 is 38.4 Å². The number of nitrogens with one attached hydrogen (secondary N) is 2. The average Bonchev–Trinajstić information content (AvgIpc) is 2.57. The highest BCUT2D eigenvalue weighted by Crippen LogP contribution is 2.48. The summed E-state index contributed by atoms with van der Waals surface area (Å²) in [6, 6.07) is 0. The zero-order valence-electron chi connectivity index (χ0n) is 17.9. The molecule has 170 valence electrons. The molecule has 0 rings (SSSR count). The highest BCUT2D eigenvalue weighted by molar-refractivity contribution is 7.47. The summed E-state index contributed by atoms with van der Waals surface area (Å²) in [5.41, 5.74) is -1.62. The lowest BCUT2D eigenvalue weighted by molar-refractivity contribution is -0.137. The zero-order chi connectivity index (χ0) is 22.9. The smallest absolute Gasteiger partial charge is 0.411 e. The van der Waals surface area contributed by atoms with E-state index in [9.17, 15) is 24.2 Å². The van der Waals surface area contributed by atoms with Crippen molar-refractivity contribution >= 4 is 25.3 Å². The maximum absolute atomic E-state index is 12.1. The standard InChI is InChI=1S/C17H34N3O8P/c1-12(20-24)7-9-18-13(21)8-10-19-15(23)14(22)17(5,6)11-27-29(25,26)28-16(2,3)4/h14,22,24H,7-11H2,1-6H3,(H,18,21)(H,19,23)(H,25,26)/b20-12+/t14-/m1/s1. The predicted molar refractivity (Wildman–Crippen MR) is 107 cm³/mol. The third-order valence-corrected chi connectivity index (χ3v) is 4.84. The van der Waals surface area contributed by atoms with Crippen LogP contribution in [-0.2, 0) is 23.2 Å². The summed E-state index contributed by atoms with van der Waals surface area (Å²) in [5.74, 6) is -1.05. The van der Waals surface area contributed by atoms with Gasteiger partial charge in [0, 0.05) is 31.3 Å². The van der Waals surface area contributed by atoms with Crippen LogP contribution in [0, 0.1) is 5.41 Å². The molecule has 0 fully saturated rings. The zero-order valence-corrected chi connectivity index (χ0v) is 18.8. The Bertz CT molecular complexity index is 631. The number of hydrogen-bond acceptors (Lipinski definition) is 8. The Morgan fingerprint density at radius 1 is 1.10 bits per heavy atom. The third kappa shape index (κ3) is 12.6. The van der Waals surface area contributed by atoms with E-state index in [0.29, 0.717) is 18.7 Å². The second kappa shape index (κ2) is 11.6. The van der Waals surface area contributed by atoms with Crippen molar-refractivity contribution in [2.45, 2.75) is 66.1 Å². The van der Waals surface area contributed by atoms with Gasteiger partial charge in [0.25, 0.3) is 0 Å². The fourth-order valence-corrected chi connectivity index (χ4v) is 3.21. The van der Waals surface area contributed by atoms with Gasteiger partial charge in [0.05, 0.1) is 17.9 Å². The Morgan fingerprint density at radius 2 is 1.66 bits per heavy atom. The van der Waals surface area contributed by atoms with Crippen LogP contribution < -0.4 is 10.6 Å². The number of aliphatic hydroxyl groups excluding tert-OH is 1. The van der Waals surface area contributed by atoms with E-state index < -0.39 is 37.5 Å². The lowest BCUT2D eigenvalue weighted by atomic mass is 9.87. The predicted octanol–water partition coefficient (Wildman–Crippen LogP) is 1.17. The second-order valence-corrected chi connectivity index (χ2v) is 9.69. The van der Waals surface area contributed by atoms with Crippen LogP contribution in [0.1, 0.15) is 54.4 Å². The summed E-state index contributed by atoms with van der Waals surface area (Å²) in [6.45, 7) is 9.25. The quantitative estimate of drug-likeness (QED) is 0.131. The molecule has 0 aliphatic heterocycles. The second-order valence-electron chi connectivity index (χ2n) is 8.31. The Labute approximate surface area is 171 Å². The minimum atomic E-state index is -4.35. The molecule has 0 aromatic rings. The van der Waals surface area contributed by atoms with Gasteiger partial charge in [-0.1, -0.05) is 19.0 Å². The topological polar surface area (TPSA) is 167 Å². The largest absolute Gasteiger partial charge is 0.472 e. The summed E-state index contributed by atoms with van der Waals surface area (Å²) in [6.07, 6.45) is -1.14. The molecule has 0 spiro atoms. The number of phosphoric ester groups is 1. The fourth-order valence-electron chi connectivity index (χ4n) is 1.97. The van der Waals surface area contributed by atoms with Gasteiger partial charge >= 0.3 is 7.82 Å². The van der Waals surface area contributed by atoms with Crippen molar-refractivity contribution in [1.82, 2.24) is 10.6 Å². The molecule has 0 aliphatic rings. The van der Waals surface area contributed by atoms with Gasteiger partial charge in [-0.2, -0.15) is 0 Å². The van der Waals surface area contributed by atoms with Crippen LogP contribution in [0.25, 0.3) is 0 Å². The molecule has 0 saturated heterocycles. The molecule has 2 amide bonds. The molecule has 12 heteroatoms. The van der Waals surface area contributed by atoms with Crippen molar-refractivity contribution in [2.24, 2.45) is 10.6 Å². The van der Waals surface area contributed by atoms with Crippen molar-refractivity contribution in [3.8, 4) is 0 Å². The van der Waals surface area contributed by atoms with Gasteiger partial charge in [0.15, 0.2) is 0 Å². The first-order valence-electron chi connectivity index (χ1n) is 9.18. The molecule has 2 atom stereocenters. The molecule has 0 aromatic heterocycles. The van der Waals surface area contributed by atoms with Crippen LogP contribution in [0.2, 0.25) is 0 Å². The number of aliphatic hydroxyl groups is 1. The molecule has 0 aliphatic carbocycles. The maximum atomic E-state index is 12.1. The van der Waals surface area contributed by atoms with Crippen molar-refractivity contribution in [3.05, 3.63) is 0 Å². The van der Waals surface area contributed by atoms with E-state index in [2.05, 4.69) is 15.8 Å². The van der Waals surface area contributed by atoms with Gasteiger partial charge < -0.3 is 25.8 Å². The number of amides is 2. The number of hydrogen-bond donors (Lipinski definition) is 5. The van der Waals surface area contributed by atoms with Gasteiger partial charge in [-0.15, -0.1) is 0 Å². The molecular weight excluding hydrogens is 405 g/mol. The van der Waals surface area contributed by atoms with E-state index in [1.807, 2.05) is 0 Å². The molecule has 0 radical (unpaired) electrons. The number of carbonyl (C=O) groups is 2. The molecule has 0 heterocycles. The molecule has 0 saturated carbocycles. The van der Waals surface area contributed by atoms with Crippen LogP contribution in [0.3, 0.4) is 0 Å². The number of nitrogens with zero attached hydrogens (tertiary/aromatic N) is 1. The Kier molecular flexibility index (Phi) is 11.0. The van der Waals surface area contributed by atoms with Gasteiger partial charge in [-0.25, -0.2) is 4.57 Å². The van der Waals surface area contributed by atoms with Crippen molar-refractivity contribution in [1.29, 1.82) is 0 Å². The number of rotatable bonds is 12. The number of carbonyl (C=O) groups excluding carboxylic acids is 2. The van der Waals surface area contributed by atoms with Crippen LogP contribution in [-0.4, -0.2) is 64.1 Å². The van der Waals surface area contributed by atoms with Gasteiger partial charge in [0.1, 0.15) is 6.10 Å². The first-order valence-corrected chi connectivity index (χ1v) is 10.7. The minimum Gasteiger partial charge on any atom is -0.411 e. The van der Waals surface area contributed by atoms with E-state index in [4.69, 9.17) is 14.3 Å². The normalized spacial score (nSPS) is 16.1. The maximum Gasteiger partial charge on any atom is 0.472 e. The molecule has 0 aromatic carbocycles. The van der Waals surface area contributed by atoms with E-state index in [1.165, 1.54) is 13.8 Å². The van der Waals surface area contributed by atoms with E-state index in [-0.39, 0.29) is 18.9 Å². The SMILES string of the molecule is C/C(CCNC(=O)CCNC(=O)[C@@H](O)C(C)(C)COP(=O)(O)OC(C)(C)C)=N\O. The first-order chi connectivity index (χ1) is 13.1. The Morgan fingerprint density at radius 3 is 2.17 bits per heavy atom. The number of oxime groups is 1. The molecule has 11 nitrogen and oxygen atoms in total. The molecular formula is C17H34N3O8P. The average molecular weight is 439 g/mol.